The van der Waals surface area contributed by atoms with Crippen LogP contribution >= 0.6 is 11.6 Å². The molecule has 2 aromatic carbocycles. The third-order valence-electron chi connectivity index (χ3n) is 7.03. The molecule has 0 bridgehead atoms. The number of benzene rings is 2. The van der Waals surface area contributed by atoms with Crippen LogP contribution in [-0.4, -0.2) is 62.7 Å². The van der Waals surface area contributed by atoms with E-state index in [0.29, 0.717) is 39.1 Å². The summed E-state index contributed by atoms with van der Waals surface area (Å²) in [4.78, 5) is 17.0. The van der Waals surface area contributed by atoms with Gasteiger partial charge in [-0.3, -0.25) is 4.98 Å². The van der Waals surface area contributed by atoms with Crippen LogP contribution in [0.25, 0.3) is 33.1 Å². The van der Waals surface area contributed by atoms with Crippen molar-refractivity contribution in [1.82, 2.24) is 28.8 Å². The first-order valence-corrected chi connectivity index (χ1v) is 14.6. The van der Waals surface area contributed by atoms with Crippen molar-refractivity contribution >= 4 is 43.6 Å². The summed E-state index contributed by atoms with van der Waals surface area (Å²) in [5.41, 5.74) is 2.14. The molecule has 6 rings (SSSR count). The largest absolute Gasteiger partial charge is 0.424 e. The van der Waals surface area contributed by atoms with E-state index >= 15 is 8.78 Å². The van der Waals surface area contributed by atoms with Gasteiger partial charge >= 0.3 is 6.01 Å². The lowest BCUT2D eigenvalue weighted by atomic mass is 10.0. The lowest BCUT2D eigenvalue weighted by Gasteiger charge is -2.34. The molecule has 1 aliphatic rings. The van der Waals surface area contributed by atoms with Gasteiger partial charge in [-0.15, -0.1) is 0 Å². The fraction of sp³-hybridized carbons (Fsp3) is 0.259. The van der Waals surface area contributed by atoms with Gasteiger partial charge < -0.3 is 9.30 Å². The molecule has 206 valence electrons. The van der Waals surface area contributed by atoms with Gasteiger partial charge in [-0.25, -0.2) is 32.2 Å². The molecule has 4 heterocycles. The number of fused-ring (bicyclic) bond motifs is 3. The summed E-state index contributed by atoms with van der Waals surface area (Å²) < 4.78 is 63.5. The second kappa shape index (κ2) is 10.0. The third-order valence-corrected chi connectivity index (χ3v) is 8.62. The minimum atomic E-state index is -3.52. The molecule has 0 aliphatic carbocycles. The molecule has 13 heteroatoms. The highest BCUT2D eigenvalue weighted by atomic mass is 35.5. The molecule has 0 N–H and O–H groups in total. The smallest absolute Gasteiger partial charge is 0.321 e. The second-order valence-electron chi connectivity index (χ2n) is 9.64. The predicted molar refractivity (Wildman–Crippen MR) is 147 cm³/mol. The zero-order valence-corrected chi connectivity index (χ0v) is 23.0. The number of sulfonamides is 1. The summed E-state index contributed by atoms with van der Waals surface area (Å²) in [6.45, 7) is 1.70. The molecule has 1 aliphatic heterocycles. The lowest BCUT2D eigenvalue weighted by molar-refractivity contribution is 0.139. The summed E-state index contributed by atoms with van der Waals surface area (Å²) in [6.07, 6.45) is 4.50. The molecule has 1 saturated heterocycles. The van der Waals surface area contributed by atoms with Gasteiger partial charge in [0, 0.05) is 54.1 Å². The zero-order chi connectivity index (χ0) is 28.2. The Bertz CT molecular complexity index is 1870. The molecule has 0 amide bonds. The number of ether oxygens (including phenoxy) is 1. The van der Waals surface area contributed by atoms with Crippen LogP contribution in [0.3, 0.4) is 0 Å². The van der Waals surface area contributed by atoms with Crippen LogP contribution in [-0.2, 0) is 10.0 Å². The number of aromatic nitrogens is 5. The predicted octanol–water partition coefficient (Wildman–Crippen LogP) is 5.48. The fourth-order valence-electron chi connectivity index (χ4n) is 5.20. The van der Waals surface area contributed by atoms with E-state index in [2.05, 4.69) is 19.9 Å². The van der Waals surface area contributed by atoms with Gasteiger partial charge in [-0.2, -0.15) is 4.31 Å². The molecule has 1 fully saturated rings. The molecule has 3 aromatic heterocycles. The van der Waals surface area contributed by atoms with E-state index in [-0.39, 0.29) is 36.1 Å². The summed E-state index contributed by atoms with van der Waals surface area (Å²) in [5.74, 6) is 0.403. The van der Waals surface area contributed by atoms with E-state index < -0.39 is 28.1 Å². The molecular formula is C27H23ClF2N6O3S. The summed E-state index contributed by atoms with van der Waals surface area (Å²) >= 11 is 6.57. The first kappa shape index (κ1) is 26.5. The molecule has 40 heavy (non-hydrogen) atoms. The van der Waals surface area contributed by atoms with Gasteiger partial charge in [0.25, 0.3) is 0 Å². The van der Waals surface area contributed by atoms with Crippen LogP contribution in [0.1, 0.15) is 18.3 Å². The second-order valence-corrected chi connectivity index (χ2v) is 12.0. The average molecular weight is 585 g/mol. The number of rotatable bonds is 5. The number of nitrogens with zero attached hydrogens (tertiary/aromatic N) is 6. The van der Waals surface area contributed by atoms with Crippen molar-refractivity contribution in [2.75, 3.05) is 19.3 Å². The van der Waals surface area contributed by atoms with Gasteiger partial charge in [-0.05, 0) is 37.6 Å². The van der Waals surface area contributed by atoms with Crippen molar-refractivity contribution < 1.29 is 21.9 Å². The molecule has 0 radical (unpaired) electrons. The Kier molecular flexibility index (Phi) is 6.64. The van der Waals surface area contributed by atoms with Crippen molar-refractivity contribution in [3.63, 3.8) is 0 Å². The molecule has 1 unspecified atom stereocenters. The molecule has 2 atom stereocenters. The summed E-state index contributed by atoms with van der Waals surface area (Å²) in [6, 6.07) is 8.94. The average Bonchev–Trinajstić information content (AvgIpc) is 3.24. The monoisotopic (exact) mass is 584 g/mol. The number of alkyl halides is 1. The van der Waals surface area contributed by atoms with Gasteiger partial charge in [-0.1, -0.05) is 11.6 Å². The molecule has 0 spiro atoms. The number of pyridine rings is 1. The van der Waals surface area contributed by atoms with E-state index in [1.54, 1.807) is 54.2 Å². The SMILES string of the molecule is Cc1nc2cnc3cc(F)c(-c4ccc(Oc5ncccn5)cc4Cl)cc3c2n1C1CCN(S(C)(=O)=O)C[C@@H]1F. The summed E-state index contributed by atoms with van der Waals surface area (Å²) in [7, 11) is -3.52. The van der Waals surface area contributed by atoms with Crippen molar-refractivity contribution in [2.45, 2.75) is 25.6 Å². The number of imidazole rings is 1. The van der Waals surface area contributed by atoms with Crippen LogP contribution in [0, 0.1) is 12.7 Å². The first-order chi connectivity index (χ1) is 19.1. The zero-order valence-electron chi connectivity index (χ0n) is 21.4. The van der Waals surface area contributed by atoms with Crippen LogP contribution in [0.2, 0.25) is 5.02 Å². The molecule has 9 nitrogen and oxygen atoms in total. The Morgan fingerprint density at radius 1 is 1.07 bits per heavy atom. The quantitative estimate of drug-likeness (QED) is 0.269. The fourth-order valence-corrected chi connectivity index (χ4v) is 6.33. The Morgan fingerprint density at radius 2 is 1.85 bits per heavy atom. The van der Waals surface area contributed by atoms with E-state index in [1.807, 2.05) is 0 Å². The van der Waals surface area contributed by atoms with Crippen LogP contribution < -0.4 is 4.74 Å². The molecule has 0 saturated carbocycles. The minimum Gasteiger partial charge on any atom is -0.424 e. The van der Waals surface area contributed by atoms with Crippen molar-refractivity contribution in [1.29, 1.82) is 0 Å². The topological polar surface area (TPSA) is 103 Å². The maximum Gasteiger partial charge on any atom is 0.321 e. The van der Waals surface area contributed by atoms with E-state index in [4.69, 9.17) is 16.3 Å². The number of halogens is 3. The van der Waals surface area contributed by atoms with E-state index in [1.165, 1.54) is 12.3 Å². The maximum absolute atomic E-state index is 15.5. The van der Waals surface area contributed by atoms with Crippen molar-refractivity contribution in [3.8, 4) is 22.9 Å². The highest BCUT2D eigenvalue weighted by Gasteiger charge is 2.36. The van der Waals surface area contributed by atoms with Crippen molar-refractivity contribution in [2.24, 2.45) is 0 Å². The Morgan fingerprint density at radius 3 is 2.55 bits per heavy atom. The van der Waals surface area contributed by atoms with Gasteiger partial charge in [0.2, 0.25) is 10.0 Å². The normalized spacial score (nSPS) is 18.4. The number of piperidine rings is 1. The number of hydrogen-bond acceptors (Lipinski definition) is 7. The molecule has 5 aromatic rings. The van der Waals surface area contributed by atoms with Gasteiger partial charge in [0.1, 0.15) is 29.1 Å². The number of aryl methyl sites for hydroxylation is 1. The van der Waals surface area contributed by atoms with Crippen LogP contribution in [0.5, 0.6) is 11.8 Å². The van der Waals surface area contributed by atoms with Crippen LogP contribution in [0.15, 0.2) is 55.0 Å². The Labute approximate surface area is 233 Å². The third kappa shape index (κ3) is 4.76. The maximum atomic E-state index is 15.5. The van der Waals surface area contributed by atoms with Crippen molar-refractivity contribution in [3.05, 3.63) is 71.7 Å². The standard InChI is InChI=1S/C27H23ClF2N6O3S/c1-15-34-24-13-33-23-12-21(29)18(17-5-4-16(10-20(17)28)39-27-31-7-3-8-32-27)11-19(23)26(24)36(15)25-6-9-35(14-22(25)30)40(2,37)38/h3-5,7-8,10-13,22,25H,6,9,14H2,1-2H3/t22-,25?/m0/s1. The highest BCUT2D eigenvalue weighted by molar-refractivity contribution is 7.88. The Balaban J connectivity index is 1.44. The highest BCUT2D eigenvalue weighted by Crippen LogP contribution is 2.39. The first-order valence-electron chi connectivity index (χ1n) is 12.4. The Hall–Kier alpha value is -3.74. The van der Waals surface area contributed by atoms with E-state index in [9.17, 15) is 8.42 Å². The number of hydrogen-bond donors (Lipinski definition) is 0. The van der Waals surface area contributed by atoms with Gasteiger partial charge in [0.05, 0.1) is 34.6 Å². The van der Waals surface area contributed by atoms with Gasteiger partial charge in [0.15, 0.2) is 0 Å². The molecular weight excluding hydrogens is 562 g/mol. The summed E-state index contributed by atoms with van der Waals surface area (Å²) in [5, 5.41) is 0.815. The van der Waals surface area contributed by atoms with E-state index in [0.717, 1.165) is 10.6 Å². The minimum absolute atomic E-state index is 0.147. The lowest BCUT2D eigenvalue weighted by Crippen LogP contribution is -2.45. The van der Waals surface area contributed by atoms with Crippen LogP contribution in [0.4, 0.5) is 8.78 Å².